The summed E-state index contributed by atoms with van der Waals surface area (Å²) in [7, 11) is 3.41. The third-order valence-corrected chi connectivity index (χ3v) is 7.56. The van der Waals surface area contributed by atoms with Gasteiger partial charge in [-0.25, -0.2) is 0 Å². The molecule has 0 aliphatic carbocycles. The molecule has 0 saturated carbocycles. The number of anilines is 2. The molecule has 0 radical (unpaired) electrons. The van der Waals surface area contributed by atoms with Gasteiger partial charge in [0.1, 0.15) is 0 Å². The fraction of sp³-hybridized carbons (Fsp3) is 0.500. The molecule has 2 heterocycles. The molecule has 8 heteroatoms. The van der Waals surface area contributed by atoms with E-state index >= 15 is 0 Å². The standard InChI is InChI=1S/C26H31ClF3N3O/c1-31(2)25(34)21-8-7-20(17-23(21)27)32-13-9-18(10-14-32)19-11-15-33(16-12-19)24-6-4-3-5-22(24)26(28,29)30/h3-8,17-19H,9-16H2,1-2H3. The molecular weight excluding hydrogens is 463 g/mol. The van der Waals surface area contributed by atoms with Gasteiger partial charge in [-0.05, 0) is 67.9 Å². The van der Waals surface area contributed by atoms with Crippen LogP contribution in [-0.4, -0.2) is 51.1 Å². The van der Waals surface area contributed by atoms with Gasteiger partial charge < -0.3 is 14.7 Å². The van der Waals surface area contributed by atoms with Crippen LogP contribution in [-0.2, 0) is 6.18 Å². The lowest BCUT2D eigenvalue weighted by Crippen LogP contribution is -2.41. The van der Waals surface area contributed by atoms with E-state index in [0.717, 1.165) is 44.5 Å². The lowest BCUT2D eigenvalue weighted by atomic mass is 9.78. The minimum absolute atomic E-state index is 0.112. The zero-order valence-corrected chi connectivity index (χ0v) is 20.4. The minimum atomic E-state index is -4.33. The van der Waals surface area contributed by atoms with Crippen molar-refractivity contribution in [2.75, 3.05) is 50.1 Å². The lowest BCUT2D eigenvalue weighted by Gasteiger charge is -2.42. The molecular formula is C26H31ClF3N3O. The van der Waals surface area contributed by atoms with Crippen LogP contribution in [0.15, 0.2) is 42.5 Å². The Balaban J connectivity index is 1.32. The number of nitrogens with zero attached hydrogens (tertiary/aromatic N) is 3. The van der Waals surface area contributed by atoms with Crippen molar-refractivity contribution in [2.24, 2.45) is 11.8 Å². The average molecular weight is 494 g/mol. The first kappa shape index (κ1) is 24.7. The zero-order chi connectivity index (χ0) is 24.5. The molecule has 1 amide bonds. The Morgan fingerprint density at radius 3 is 2.00 bits per heavy atom. The molecule has 2 saturated heterocycles. The number of carbonyl (C=O) groups is 1. The first-order chi connectivity index (χ1) is 16.1. The van der Waals surface area contributed by atoms with Crippen LogP contribution in [0.4, 0.5) is 24.5 Å². The third kappa shape index (κ3) is 5.29. The molecule has 34 heavy (non-hydrogen) atoms. The van der Waals surface area contributed by atoms with Crippen LogP contribution >= 0.6 is 11.6 Å². The van der Waals surface area contributed by atoms with Gasteiger partial charge in [-0.1, -0.05) is 23.7 Å². The maximum Gasteiger partial charge on any atom is 0.418 e. The van der Waals surface area contributed by atoms with Gasteiger partial charge in [-0.2, -0.15) is 13.2 Å². The van der Waals surface area contributed by atoms with Gasteiger partial charge in [0.05, 0.1) is 16.1 Å². The third-order valence-electron chi connectivity index (χ3n) is 7.25. The Morgan fingerprint density at radius 1 is 0.912 bits per heavy atom. The Bertz CT molecular complexity index is 1010. The summed E-state index contributed by atoms with van der Waals surface area (Å²) in [6, 6.07) is 11.5. The van der Waals surface area contributed by atoms with Crippen molar-refractivity contribution in [1.82, 2.24) is 4.90 Å². The van der Waals surface area contributed by atoms with Crippen molar-refractivity contribution in [3.05, 3.63) is 58.6 Å². The van der Waals surface area contributed by atoms with Crippen molar-refractivity contribution in [2.45, 2.75) is 31.9 Å². The molecule has 4 rings (SSSR count). The number of rotatable bonds is 4. The van der Waals surface area contributed by atoms with Crippen molar-refractivity contribution >= 4 is 28.9 Å². The molecule has 0 N–H and O–H groups in total. The molecule has 4 nitrogen and oxygen atoms in total. The first-order valence-corrected chi connectivity index (χ1v) is 12.2. The van der Waals surface area contributed by atoms with E-state index in [1.165, 1.54) is 17.0 Å². The first-order valence-electron chi connectivity index (χ1n) is 11.8. The number of halogens is 4. The summed E-state index contributed by atoms with van der Waals surface area (Å²) in [5.41, 5.74) is 1.29. The minimum Gasteiger partial charge on any atom is -0.371 e. The molecule has 2 aliphatic rings. The summed E-state index contributed by atoms with van der Waals surface area (Å²) in [5, 5.41) is 0.463. The van der Waals surface area contributed by atoms with Crippen molar-refractivity contribution < 1.29 is 18.0 Å². The molecule has 0 aromatic heterocycles. The maximum atomic E-state index is 13.4. The van der Waals surface area contributed by atoms with Gasteiger partial charge in [-0.15, -0.1) is 0 Å². The van der Waals surface area contributed by atoms with Crippen molar-refractivity contribution in [3.8, 4) is 0 Å². The number of piperidine rings is 2. The second-order valence-corrected chi connectivity index (χ2v) is 9.93. The largest absolute Gasteiger partial charge is 0.418 e. The smallest absolute Gasteiger partial charge is 0.371 e. The van der Waals surface area contributed by atoms with Gasteiger partial charge in [0.15, 0.2) is 0 Å². The Morgan fingerprint density at radius 2 is 1.47 bits per heavy atom. The van der Waals surface area contributed by atoms with Crippen LogP contribution in [0.2, 0.25) is 5.02 Å². The fourth-order valence-electron chi connectivity index (χ4n) is 5.34. The zero-order valence-electron chi connectivity index (χ0n) is 19.6. The quantitative estimate of drug-likeness (QED) is 0.508. The number of alkyl halides is 3. The highest BCUT2D eigenvalue weighted by Gasteiger charge is 2.36. The Kier molecular flexibility index (Phi) is 7.31. The number of benzene rings is 2. The van der Waals surface area contributed by atoms with Crippen LogP contribution in [0.3, 0.4) is 0 Å². The Labute approximate surface area is 204 Å². The van der Waals surface area contributed by atoms with E-state index in [-0.39, 0.29) is 5.91 Å². The van der Waals surface area contributed by atoms with Gasteiger partial charge in [-0.3, -0.25) is 4.79 Å². The molecule has 184 valence electrons. The highest BCUT2D eigenvalue weighted by molar-refractivity contribution is 6.34. The van der Waals surface area contributed by atoms with E-state index in [0.29, 0.717) is 41.2 Å². The summed E-state index contributed by atoms with van der Waals surface area (Å²) < 4.78 is 40.2. The van der Waals surface area contributed by atoms with E-state index in [1.807, 2.05) is 17.0 Å². The van der Waals surface area contributed by atoms with Gasteiger partial charge in [0.25, 0.3) is 5.91 Å². The van der Waals surface area contributed by atoms with Crippen molar-refractivity contribution in [1.29, 1.82) is 0 Å². The van der Waals surface area contributed by atoms with E-state index < -0.39 is 11.7 Å². The highest BCUT2D eigenvalue weighted by Crippen LogP contribution is 2.40. The normalized spacial score (nSPS) is 18.3. The van der Waals surface area contributed by atoms with E-state index in [9.17, 15) is 18.0 Å². The predicted molar refractivity (Wildman–Crippen MR) is 131 cm³/mol. The van der Waals surface area contributed by atoms with Crippen molar-refractivity contribution in [3.63, 3.8) is 0 Å². The molecule has 2 fully saturated rings. The summed E-state index contributed by atoms with van der Waals surface area (Å²) in [4.78, 5) is 17.9. The molecule has 0 spiro atoms. The topological polar surface area (TPSA) is 26.8 Å². The van der Waals surface area contributed by atoms with E-state index in [1.54, 1.807) is 32.3 Å². The van der Waals surface area contributed by atoms with Gasteiger partial charge in [0.2, 0.25) is 0 Å². The molecule has 2 aliphatic heterocycles. The van der Waals surface area contributed by atoms with Crippen LogP contribution in [0.25, 0.3) is 0 Å². The average Bonchev–Trinajstić information content (AvgIpc) is 2.83. The summed E-state index contributed by atoms with van der Waals surface area (Å²) in [6.45, 7) is 3.15. The van der Waals surface area contributed by atoms with Crippen LogP contribution < -0.4 is 9.80 Å². The number of amides is 1. The van der Waals surface area contributed by atoms with Gasteiger partial charge in [0, 0.05) is 51.6 Å². The number of carbonyl (C=O) groups excluding carboxylic acids is 1. The number of hydrogen-bond donors (Lipinski definition) is 0. The summed E-state index contributed by atoms with van der Waals surface area (Å²) in [5.74, 6) is 1.01. The molecule has 0 bridgehead atoms. The highest BCUT2D eigenvalue weighted by atomic mass is 35.5. The predicted octanol–water partition coefficient (Wildman–Crippen LogP) is 6.19. The molecule has 2 aromatic carbocycles. The second-order valence-electron chi connectivity index (χ2n) is 9.53. The summed E-state index contributed by atoms with van der Waals surface area (Å²) in [6.07, 6.45) is -0.380. The SMILES string of the molecule is CN(C)C(=O)c1ccc(N2CCC(C3CCN(c4ccccc4C(F)(F)F)CC3)CC2)cc1Cl. The lowest BCUT2D eigenvalue weighted by molar-refractivity contribution is -0.137. The Hall–Kier alpha value is -2.41. The van der Waals surface area contributed by atoms with Crippen LogP contribution in [0.1, 0.15) is 41.6 Å². The number of hydrogen-bond acceptors (Lipinski definition) is 3. The molecule has 0 unspecified atom stereocenters. The monoisotopic (exact) mass is 493 g/mol. The molecule has 2 aromatic rings. The van der Waals surface area contributed by atoms with E-state index in [2.05, 4.69) is 4.90 Å². The number of para-hydroxylation sites is 1. The van der Waals surface area contributed by atoms with Crippen LogP contribution in [0.5, 0.6) is 0 Å². The second kappa shape index (κ2) is 10.1. The van der Waals surface area contributed by atoms with E-state index in [4.69, 9.17) is 11.6 Å². The maximum absolute atomic E-state index is 13.4. The fourth-order valence-corrected chi connectivity index (χ4v) is 5.60. The van der Waals surface area contributed by atoms with Crippen LogP contribution in [0, 0.1) is 11.8 Å². The summed E-state index contributed by atoms with van der Waals surface area (Å²) >= 11 is 6.39. The molecule has 0 atom stereocenters. The van der Waals surface area contributed by atoms with Gasteiger partial charge >= 0.3 is 6.18 Å².